The monoisotopic (exact) mass is 292 g/mol. The van der Waals surface area contributed by atoms with Crippen molar-refractivity contribution in [2.24, 2.45) is 0 Å². The Balaban J connectivity index is 2.23. The van der Waals surface area contributed by atoms with Crippen molar-refractivity contribution in [3.63, 3.8) is 0 Å². The minimum Gasteiger partial charge on any atom is -0.373 e. The van der Waals surface area contributed by atoms with Crippen molar-refractivity contribution in [3.05, 3.63) is 48.4 Å². The molecule has 6 nitrogen and oxygen atoms in total. The number of aromatic nitrogens is 2. The minimum atomic E-state index is -3.61. The lowest BCUT2D eigenvalue weighted by molar-refractivity contribution is 0.564. The van der Waals surface area contributed by atoms with Gasteiger partial charge in [-0.3, -0.25) is 4.98 Å². The van der Waals surface area contributed by atoms with Crippen LogP contribution in [0, 0.1) is 0 Å². The third kappa shape index (κ3) is 3.31. The molecule has 0 aliphatic heterocycles. The predicted octanol–water partition coefficient (Wildman–Crippen LogP) is 1.56. The molecular weight excluding hydrogens is 276 g/mol. The summed E-state index contributed by atoms with van der Waals surface area (Å²) in [7, 11) is -1.93. The Morgan fingerprint density at radius 1 is 1.15 bits per heavy atom. The molecule has 0 aromatic carbocycles. The maximum absolute atomic E-state index is 12.3. The largest absolute Gasteiger partial charge is 0.373 e. The van der Waals surface area contributed by atoms with Gasteiger partial charge in [0.05, 0.1) is 16.6 Å². The van der Waals surface area contributed by atoms with E-state index in [9.17, 15) is 8.42 Å². The Kier molecular flexibility index (Phi) is 4.31. The van der Waals surface area contributed by atoms with E-state index in [1.165, 1.54) is 18.3 Å². The molecule has 0 aliphatic rings. The Morgan fingerprint density at radius 2 is 1.95 bits per heavy atom. The van der Waals surface area contributed by atoms with E-state index in [0.717, 1.165) is 0 Å². The van der Waals surface area contributed by atoms with E-state index < -0.39 is 16.1 Å². The number of hydrogen-bond acceptors (Lipinski definition) is 5. The molecule has 0 aliphatic carbocycles. The average Bonchev–Trinajstić information content (AvgIpc) is 2.48. The zero-order valence-corrected chi connectivity index (χ0v) is 12.1. The number of anilines is 1. The van der Waals surface area contributed by atoms with Crippen LogP contribution in [0.5, 0.6) is 0 Å². The van der Waals surface area contributed by atoms with Gasteiger partial charge in [0.25, 0.3) is 0 Å². The van der Waals surface area contributed by atoms with E-state index in [2.05, 4.69) is 20.0 Å². The smallest absolute Gasteiger partial charge is 0.241 e. The second-order valence-electron chi connectivity index (χ2n) is 4.22. The Morgan fingerprint density at radius 3 is 2.60 bits per heavy atom. The van der Waals surface area contributed by atoms with Gasteiger partial charge in [0.15, 0.2) is 0 Å². The van der Waals surface area contributed by atoms with E-state index in [0.29, 0.717) is 11.5 Å². The fourth-order valence-electron chi connectivity index (χ4n) is 1.71. The molecule has 2 rings (SSSR count). The van der Waals surface area contributed by atoms with Gasteiger partial charge < -0.3 is 5.32 Å². The van der Waals surface area contributed by atoms with Gasteiger partial charge in [-0.15, -0.1) is 0 Å². The van der Waals surface area contributed by atoms with Gasteiger partial charge in [-0.25, -0.2) is 18.1 Å². The molecule has 0 saturated heterocycles. The summed E-state index contributed by atoms with van der Waals surface area (Å²) in [6, 6.07) is 7.90. The lowest BCUT2D eigenvalue weighted by Gasteiger charge is -2.14. The highest BCUT2D eigenvalue weighted by atomic mass is 32.2. The fourth-order valence-corrected chi connectivity index (χ4v) is 2.94. The molecule has 2 aromatic heterocycles. The summed E-state index contributed by atoms with van der Waals surface area (Å²) in [5.41, 5.74) is 0.666. The van der Waals surface area contributed by atoms with Gasteiger partial charge in [-0.05, 0) is 25.1 Å². The second kappa shape index (κ2) is 5.98. The zero-order chi connectivity index (χ0) is 14.6. The summed E-state index contributed by atoms with van der Waals surface area (Å²) < 4.78 is 27.2. The van der Waals surface area contributed by atoms with Gasteiger partial charge in [0, 0.05) is 25.5 Å². The lowest BCUT2D eigenvalue weighted by Crippen LogP contribution is -2.27. The van der Waals surface area contributed by atoms with Gasteiger partial charge in [0.2, 0.25) is 10.0 Å². The summed E-state index contributed by atoms with van der Waals surface area (Å²) in [5, 5.41) is 2.81. The van der Waals surface area contributed by atoms with Crippen LogP contribution >= 0.6 is 0 Å². The molecule has 0 bridgehead atoms. The summed E-state index contributed by atoms with van der Waals surface area (Å²) in [6.45, 7) is 1.75. The normalized spacial score (nSPS) is 12.9. The van der Waals surface area contributed by atoms with E-state index in [4.69, 9.17) is 0 Å². The van der Waals surface area contributed by atoms with Gasteiger partial charge in [-0.2, -0.15) is 0 Å². The van der Waals surface area contributed by atoms with Crippen LogP contribution in [0.4, 0.5) is 5.82 Å². The summed E-state index contributed by atoms with van der Waals surface area (Å²) >= 11 is 0. The molecule has 106 valence electrons. The standard InChI is InChI=1S/C13H16N4O2S/c1-10(12-5-3-4-7-15-12)17-20(18,19)11-6-8-16-13(9-11)14-2/h3-10,17H,1-2H3,(H,14,16). The topological polar surface area (TPSA) is 84.0 Å². The highest BCUT2D eigenvalue weighted by Crippen LogP contribution is 2.16. The van der Waals surface area contributed by atoms with E-state index in [-0.39, 0.29) is 4.90 Å². The highest BCUT2D eigenvalue weighted by molar-refractivity contribution is 7.89. The summed E-state index contributed by atoms with van der Waals surface area (Å²) in [4.78, 5) is 8.30. The third-order valence-electron chi connectivity index (χ3n) is 2.76. The number of nitrogens with one attached hydrogen (secondary N) is 2. The molecule has 2 N–H and O–H groups in total. The molecule has 0 amide bonds. The van der Waals surface area contributed by atoms with Crippen LogP contribution in [0.15, 0.2) is 47.6 Å². The van der Waals surface area contributed by atoms with E-state index in [1.54, 1.807) is 32.3 Å². The number of pyridine rings is 2. The number of hydrogen-bond donors (Lipinski definition) is 2. The first kappa shape index (κ1) is 14.4. The van der Waals surface area contributed by atoms with Crippen LogP contribution in [-0.4, -0.2) is 25.4 Å². The molecule has 7 heteroatoms. The van der Waals surface area contributed by atoms with Crippen molar-refractivity contribution in [3.8, 4) is 0 Å². The fraction of sp³-hybridized carbons (Fsp3) is 0.231. The molecular formula is C13H16N4O2S. The minimum absolute atomic E-state index is 0.166. The average molecular weight is 292 g/mol. The van der Waals surface area contributed by atoms with Gasteiger partial charge >= 0.3 is 0 Å². The van der Waals surface area contributed by atoms with Crippen molar-refractivity contribution in [1.82, 2.24) is 14.7 Å². The quantitative estimate of drug-likeness (QED) is 0.873. The van der Waals surface area contributed by atoms with Gasteiger partial charge in [-0.1, -0.05) is 6.07 Å². The number of nitrogens with zero attached hydrogens (tertiary/aromatic N) is 2. The molecule has 2 heterocycles. The summed E-state index contributed by atoms with van der Waals surface area (Å²) in [6.07, 6.45) is 3.08. The number of sulfonamides is 1. The Bertz CT molecular complexity index is 674. The van der Waals surface area contributed by atoms with Crippen LogP contribution < -0.4 is 10.0 Å². The Labute approximate surface area is 118 Å². The first-order chi connectivity index (χ1) is 9.53. The van der Waals surface area contributed by atoms with Crippen LogP contribution in [0.3, 0.4) is 0 Å². The lowest BCUT2D eigenvalue weighted by atomic mass is 10.2. The molecule has 1 unspecified atom stereocenters. The molecule has 0 fully saturated rings. The maximum atomic E-state index is 12.3. The molecule has 1 atom stereocenters. The molecule has 0 radical (unpaired) electrons. The second-order valence-corrected chi connectivity index (χ2v) is 5.94. The van der Waals surface area contributed by atoms with E-state index in [1.807, 2.05) is 6.07 Å². The predicted molar refractivity (Wildman–Crippen MR) is 76.8 cm³/mol. The Hall–Kier alpha value is -1.99. The highest BCUT2D eigenvalue weighted by Gasteiger charge is 2.19. The van der Waals surface area contributed by atoms with Crippen molar-refractivity contribution in [2.45, 2.75) is 17.9 Å². The third-order valence-corrected chi connectivity index (χ3v) is 4.30. The van der Waals surface area contributed by atoms with Crippen molar-refractivity contribution in [1.29, 1.82) is 0 Å². The van der Waals surface area contributed by atoms with Crippen LogP contribution in [0.1, 0.15) is 18.7 Å². The van der Waals surface area contributed by atoms with Crippen LogP contribution in [-0.2, 0) is 10.0 Å². The van der Waals surface area contributed by atoms with Crippen LogP contribution in [0.25, 0.3) is 0 Å². The van der Waals surface area contributed by atoms with Gasteiger partial charge in [0.1, 0.15) is 5.82 Å². The molecule has 20 heavy (non-hydrogen) atoms. The van der Waals surface area contributed by atoms with Crippen LogP contribution in [0.2, 0.25) is 0 Å². The SMILES string of the molecule is CNc1cc(S(=O)(=O)NC(C)c2ccccn2)ccn1. The van der Waals surface area contributed by atoms with Crippen molar-refractivity contribution in [2.75, 3.05) is 12.4 Å². The first-order valence-corrected chi connectivity index (χ1v) is 7.58. The van der Waals surface area contributed by atoms with Crippen molar-refractivity contribution < 1.29 is 8.42 Å². The zero-order valence-electron chi connectivity index (χ0n) is 11.2. The van der Waals surface area contributed by atoms with E-state index >= 15 is 0 Å². The maximum Gasteiger partial charge on any atom is 0.241 e. The molecule has 0 saturated carbocycles. The number of rotatable bonds is 5. The first-order valence-electron chi connectivity index (χ1n) is 6.10. The summed E-state index contributed by atoms with van der Waals surface area (Å²) in [5.74, 6) is 0.498. The van der Waals surface area contributed by atoms with Crippen molar-refractivity contribution >= 4 is 15.8 Å². The molecule has 2 aromatic rings. The molecule has 0 spiro atoms.